The molecule has 0 aliphatic carbocycles. The molecule has 0 rings (SSSR count). The molecule has 2 atom stereocenters. The first-order chi connectivity index (χ1) is 5.70. The second-order valence-electron chi connectivity index (χ2n) is 2.50. The number of ether oxygens (including phenoxy) is 2. The lowest BCUT2D eigenvalue weighted by molar-refractivity contribution is -0.213. The zero-order chi connectivity index (χ0) is 9.40. The molecule has 0 aromatic heterocycles. The molecule has 4 nitrogen and oxygen atoms in total. The monoisotopic (exact) mass is 176 g/mol. The summed E-state index contributed by atoms with van der Waals surface area (Å²) in [6.07, 6.45) is 1.46. The molecular weight excluding hydrogens is 160 g/mol. The second-order valence-corrected chi connectivity index (χ2v) is 2.50. The zero-order valence-corrected chi connectivity index (χ0v) is 7.53. The van der Waals surface area contributed by atoms with Gasteiger partial charge in [-0.15, -0.1) is 0 Å². The number of unbranched alkanes of at least 4 members (excludes halogenated alkanes) is 1. The van der Waals surface area contributed by atoms with Crippen LogP contribution in [0.5, 0.6) is 0 Å². The number of aldehydes is 1. The molecule has 0 amide bonds. The van der Waals surface area contributed by atoms with E-state index in [4.69, 9.17) is 14.6 Å². The third-order valence-electron chi connectivity index (χ3n) is 1.37. The fraction of sp³-hybridized carbons (Fsp3) is 0.875. The van der Waals surface area contributed by atoms with E-state index in [1.165, 1.54) is 14.0 Å². The van der Waals surface area contributed by atoms with E-state index in [2.05, 4.69) is 0 Å². The van der Waals surface area contributed by atoms with Gasteiger partial charge in [-0.3, -0.25) is 0 Å². The van der Waals surface area contributed by atoms with Gasteiger partial charge in [-0.25, -0.2) is 0 Å². The quantitative estimate of drug-likeness (QED) is 0.352. The second kappa shape index (κ2) is 7.21. The van der Waals surface area contributed by atoms with Crippen LogP contribution in [0.1, 0.15) is 26.2 Å². The van der Waals surface area contributed by atoms with Crippen molar-refractivity contribution in [3.05, 3.63) is 0 Å². The molecule has 0 bridgehead atoms. The van der Waals surface area contributed by atoms with Crippen LogP contribution in [0.2, 0.25) is 0 Å². The number of hydrogen-bond acceptors (Lipinski definition) is 4. The Balaban J connectivity index is 3.45. The number of rotatable bonds is 7. The van der Waals surface area contributed by atoms with Crippen LogP contribution in [-0.4, -0.2) is 31.1 Å². The van der Waals surface area contributed by atoms with E-state index in [0.717, 1.165) is 6.29 Å². The minimum absolute atomic E-state index is 0.412. The van der Waals surface area contributed by atoms with Gasteiger partial charge in [-0.2, -0.15) is 0 Å². The molecule has 72 valence electrons. The highest BCUT2D eigenvalue weighted by Crippen LogP contribution is 2.06. The number of carbonyl (C=O) groups excluding carboxylic acids is 1. The normalized spacial score (nSPS) is 15.6. The fourth-order valence-corrected chi connectivity index (χ4v) is 0.829. The topological polar surface area (TPSA) is 55.8 Å². The molecule has 0 saturated heterocycles. The Morgan fingerprint density at radius 3 is 2.67 bits per heavy atom. The van der Waals surface area contributed by atoms with Gasteiger partial charge in [-0.1, -0.05) is 0 Å². The molecule has 0 aliphatic rings. The SMILES string of the molecule is COC(CCCC=O)OC(C)O. The summed E-state index contributed by atoms with van der Waals surface area (Å²) in [6.45, 7) is 1.52. The van der Waals surface area contributed by atoms with Crippen molar-refractivity contribution in [2.75, 3.05) is 7.11 Å². The van der Waals surface area contributed by atoms with Gasteiger partial charge >= 0.3 is 0 Å². The van der Waals surface area contributed by atoms with Crippen LogP contribution in [0.25, 0.3) is 0 Å². The summed E-state index contributed by atoms with van der Waals surface area (Å²) in [5, 5.41) is 8.84. The third kappa shape index (κ3) is 6.27. The van der Waals surface area contributed by atoms with E-state index >= 15 is 0 Å². The Hall–Kier alpha value is -0.450. The molecule has 0 fully saturated rings. The maximum Gasteiger partial charge on any atom is 0.160 e. The smallest absolute Gasteiger partial charge is 0.160 e. The molecule has 0 spiro atoms. The number of hydrogen-bond donors (Lipinski definition) is 1. The number of aliphatic hydroxyl groups excluding tert-OH is 1. The molecule has 2 unspecified atom stereocenters. The lowest BCUT2D eigenvalue weighted by Crippen LogP contribution is -2.21. The Bertz CT molecular complexity index is 114. The van der Waals surface area contributed by atoms with Gasteiger partial charge in [-0.05, 0) is 19.8 Å². The lowest BCUT2D eigenvalue weighted by atomic mass is 10.2. The van der Waals surface area contributed by atoms with Gasteiger partial charge in [0.25, 0.3) is 0 Å². The largest absolute Gasteiger partial charge is 0.368 e. The van der Waals surface area contributed by atoms with Crippen LogP contribution >= 0.6 is 0 Å². The summed E-state index contributed by atoms with van der Waals surface area (Å²) >= 11 is 0. The van der Waals surface area contributed by atoms with E-state index in [-0.39, 0.29) is 0 Å². The Morgan fingerprint density at radius 1 is 1.58 bits per heavy atom. The molecule has 0 aromatic carbocycles. The molecule has 4 heteroatoms. The average Bonchev–Trinajstić information content (AvgIpc) is 2.02. The van der Waals surface area contributed by atoms with E-state index in [1.54, 1.807) is 0 Å². The molecule has 1 N–H and O–H groups in total. The summed E-state index contributed by atoms with van der Waals surface area (Å²) in [7, 11) is 1.51. The third-order valence-corrected chi connectivity index (χ3v) is 1.37. The average molecular weight is 176 g/mol. The van der Waals surface area contributed by atoms with Gasteiger partial charge in [0.1, 0.15) is 6.29 Å². The van der Waals surface area contributed by atoms with Gasteiger partial charge in [0, 0.05) is 13.5 Å². The summed E-state index contributed by atoms with van der Waals surface area (Å²) in [5.41, 5.74) is 0. The van der Waals surface area contributed by atoms with Crippen LogP contribution in [0.3, 0.4) is 0 Å². The Labute approximate surface area is 72.5 Å². The van der Waals surface area contributed by atoms with Crippen molar-refractivity contribution in [1.82, 2.24) is 0 Å². The van der Waals surface area contributed by atoms with Crippen molar-refractivity contribution in [3.63, 3.8) is 0 Å². The van der Waals surface area contributed by atoms with Gasteiger partial charge in [0.2, 0.25) is 0 Å². The van der Waals surface area contributed by atoms with Crippen molar-refractivity contribution in [2.45, 2.75) is 38.8 Å². The van der Waals surface area contributed by atoms with E-state index in [1.807, 2.05) is 0 Å². The summed E-state index contributed by atoms with van der Waals surface area (Å²) < 4.78 is 9.87. The van der Waals surface area contributed by atoms with Gasteiger partial charge < -0.3 is 19.4 Å². The van der Waals surface area contributed by atoms with Crippen molar-refractivity contribution < 1.29 is 19.4 Å². The minimum atomic E-state index is -0.828. The maximum absolute atomic E-state index is 9.97. The summed E-state index contributed by atoms with van der Waals surface area (Å²) in [5.74, 6) is 0. The van der Waals surface area contributed by atoms with E-state index < -0.39 is 12.6 Å². The van der Waals surface area contributed by atoms with Crippen LogP contribution in [0, 0.1) is 0 Å². The summed E-state index contributed by atoms with van der Waals surface area (Å²) in [4.78, 5) is 9.97. The molecule has 0 aliphatic heterocycles. The molecule has 0 aromatic rings. The molecule has 0 saturated carbocycles. The first kappa shape index (κ1) is 11.6. The highest BCUT2D eigenvalue weighted by molar-refractivity contribution is 5.48. The standard InChI is InChI=1S/C8H16O4/c1-7(10)12-8(11-2)5-3-4-6-9/h6-8,10H,3-5H2,1-2H3. The molecule has 0 radical (unpaired) electrons. The Morgan fingerprint density at radius 2 is 2.25 bits per heavy atom. The predicted octanol–water partition coefficient (Wildman–Crippen LogP) is 0.683. The minimum Gasteiger partial charge on any atom is -0.368 e. The first-order valence-electron chi connectivity index (χ1n) is 4.00. The van der Waals surface area contributed by atoms with Gasteiger partial charge in [0.15, 0.2) is 12.6 Å². The van der Waals surface area contributed by atoms with Crippen molar-refractivity contribution in [1.29, 1.82) is 0 Å². The van der Waals surface area contributed by atoms with Gasteiger partial charge in [0.05, 0.1) is 0 Å². The number of aliphatic hydroxyl groups is 1. The lowest BCUT2D eigenvalue weighted by Gasteiger charge is -2.17. The molecule has 12 heavy (non-hydrogen) atoms. The van der Waals surface area contributed by atoms with E-state index in [9.17, 15) is 4.79 Å². The maximum atomic E-state index is 9.97. The van der Waals surface area contributed by atoms with Crippen LogP contribution in [0.15, 0.2) is 0 Å². The first-order valence-corrected chi connectivity index (χ1v) is 4.00. The van der Waals surface area contributed by atoms with Crippen LogP contribution in [-0.2, 0) is 14.3 Å². The molecular formula is C8H16O4. The van der Waals surface area contributed by atoms with Crippen molar-refractivity contribution in [2.24, 2.45) is 0 Å². The molecule has 0 heterocycles. The summed E-state index contributed by atoms with van der Waals surface area (Å²) in [6, 6.07) is 0. The number of methoxy groups -OCH3 is 1. The highest BCUT2D eigenvalue weighted by atomic mass is 16.7. The highest BCUT2D eigenvalue weighted by Gasteiger charge is 2.09. The van der Waals surface area contributed by atoms with Crippen LogP contribution < -0.4 is 0 Å². The fourth-order valence-electron chi connectivity index (χ4n) is 0.829. The van der Waals surface area contributed by atoms with Crippen molar-refractivity contribution in [3.8, 4) is 0 Å². The van der Waals surface area contributed by atoms with E-state index in [0.29, 0.717) is 19.3 Å². The Kier molecular flexibility index (Phi) is 6.94. The van der Waals surface area contributed by atoms with Crippen molar-refractivity contribution >= 4 is 6.29 Å². The van der Waals surface area contributed by atoms with Crippen LogP contribution in [0.4, 0.5) is 0 Å². The predicted molar refractivity (Wildman–Crippen MR) is 43.5 cm³/mol. The zero-order valence-electron chi connectivity index (χ0n) is 7.53. The number of carbonyl (C=O) groups is 1.